The molecule has 0 amide bonds. The second kappa shape index (κ2) is 5.87. The zero-order chi connectivity index (χ0) is 12.3. The second-order valence-electron chi connectivity index (χ2n) is 4.77. The number of benzene rings is 1. The van der Waals surface area contributed by atoms with E-state index in [1.54, 1.807) is 0 Å². The van der Waals surface area contributed by atoms with E-state index in [2.05, 4.69) is 35.0 Å². The number of ether oxygens (including phenoxy) is 1. The summed E-state index contributed by atoms with van der Waals surface area (Å²) >= 11 is 3.53. The van der Waals surface area contributed by atoms with Crippen LogP contribution in [0.2, 0.25) is 0 Å². The van der Waals surface area contributed by atoms with E-state index in [0.717, 1.165) is 16.6 Å². The fraction of sp³-hybridized carbons (Fsp3) is 0.571. The first-order chi connectivity index (χ1) is 8.20. The lowest BCUT2D eigenvalue weighted by Crippen LogP contribution is -2.14. The Morgan fingerprint density at radius 1 is 1.35 bits per heavy atom. The summed E-state index contributed by atoms with van der Waals surface area (Å²) in [5, 5.41) is 0. The quantitative estimate of drug-likeness (QED) is 0.922. The number of halogens is 1. The van der Waals surface area contributed by atoms with Crippen molar-refractivity contribution in [3.63, 3.8) is 0 Å². The van der Waals surface area contributed by atoms with Gasteiger partial charge in [-0.2, -0.15) is 0 Å². The number of hydrogen-bond donors (Lipinski definition) is 1. The van der Waals surface area contributed by atoms with E-state index in [9.17, 15) is 0 Å². The van der Waals surface area contributed by atoms with E-state index < -0.39 is 0 Å². The third-order valence-electron chi connectivity index (χ3n) is 3.32. The van der Waals surface area contributed by atoms with Crippen LogP contribution in [0.3, 0.4) is 0 Å². The fourth-order valence-electron chi connectivity index (χ4n) is 2.48. The summed E-state index contributed by atoms with van der Waals surface area (Å²) in [5.41, 5.74) is 8.10. The van der Waals surface area contributed by atoms with Crippen LogP contribution >= 0.6 is 15.9 Å². The summed E-state index contributed by atoms with van der Waals surface area (Å²) in [7, 11) is 0. The smallest absolute Gasteiger partial charge is 0.125 e. The number of rotatable bonds is 4. The zero-order valence-electron chi connectivity index (χ0n) is 10.3. The van der Waals surface area contributed by atoms with Crippen LogP contribution in [0.1, 0.15) is 36.8 Å². The first-order valence-corrected chi connectivity index (χ1v) is 7.15. The minimum atomic E-state index is 0.409. The Bertz CT molecular complexity index is 386. The van der Waals surface area contributed by atoms with Gasteiger partial charge in [-0.05, 0) is 68.8 Å². The average Bonchev–Trinajstić information content (AvgIpc) is 2.76. The van der Waals surface area contributed by atoms with Crippen molar-refractivity contribution in [1.29, 1.82) is 0 Å². The Kier molecular flexibility index (Phi) is 4.46. The zero-order valence-corrected chi connectivity index (χ0v) is 11.9. The molecule has 1 aromatic carbocycles. The maximum Gasteiger partial charge on any atom is 0.125 e. The third kappa shape index (κ3) is 3.23. The van der Waals surface area contributed by atoms with Gasteiger partial charge < -0.3 is 10.5 Å². The van der Waals surface area contributed by atoms with Gasteiger partial charge in [0.1, 0.15) is 5.75 Å². The summed E-state index contributed by atoms with van der Waals surface area (Å²) < 4.78 is 7.28. The van der Waals surface area contributed by atoms with Crippen LogP contribution in [0.4, 0.5) is 0 Å². The molecule has 2 nitrogen and oxygen atoms in total. The number of hydrogen-bond acceptors (Lipinski definition) is 2. The largest absolute Gasteiger partial charge is 0.490 e. The Morgan fingerprint density at radius 2 is 2.06 bits per heavy atom. The molecule has 0 heterocycles. The van der Waals surface area contributed by atoms with Crippen LogP contribution in [0.15, 0.2) is 16.6 Å². The van der Waals surface area contributed by atoms with Gasteiger partial charge >= 0.3 is 0 Å². The van der Waals surface area contributed by atoms with Crippen molar-refractivity contribution >= 4 is 15.9 Å². The van der Waals surface area contributed by atoms with Gasteiger partial charge in [0.2, 0.25) is 0 Å². The highest BCUT2D eigenvalue weighted by Gasteiger charge is 2.19. The van der Waals surface area contributed by atoms with Crippen molar-refractivity contribution in [2.75, 3.05) is 6.54 Å². The van der Waals surface area contributed by atoms with E-state index in [1.165, 1.54) is 36.8 Å². The monoisotopic (exact) mass is 297 g/mol. The van der Waals surface area contributed by atoms with Crippen molar-refractivity contribution in [2.24, 2.45) is 5.73 Å². The lowest BCUT2D eigenvalue weighted by atomic mass is 10.1. The summed E-state index contributed by atoms with van der Waals surface area (Å²) in [4.78, 5) is 0. The van der Waals surface area contributed by atoms with Crippen LogP contribution in [0.5, 0.6) is 5.75 Å². The van der Waals surface area contributed by atoms with Gasteiger partial charge in [0.05, 0.1) is 6.10 Å². The first kappa shape index (κ1) is 12.9. The highest BCUT2D eigenvalue weighted by atomic mass is 79.9. The normalized spacial score (nSPS) is 16.4. The lowest BCUT2D eigenvalue weighted by molar-refractivity contribution is 0.206. The predicted octanol–water partition coefficient (Wildman–Crippen LogP) is 3.58. The van der Waals surface area contributed by atoms with Crippen molar-refractivity contribution in [3.8, 4) is 5.75 Å². The van der Waals surface area contributed by atoms with Crippen LogP contribution in [-0.4, -0.2) is 12.6 Å². The molecule has 0 aromatic heterocycles. The van der Waals surface area contributed by atoms with Crippen molar-refractivity contribution in [2.45, 2.75) is 45.1 Å². The van der Waals surface area contributed by atoms with E-state index >= 15 is 0 Å². The highest BCUT2D eigenvalue weighted by molar-refractivity contribution is 9.10. The van der Waals surface area contributed by atoms with E-state index in [1.807, 2.05) is 0 Å². The minimum absolute atomic E-state index is 0.409. The predicted molar refractivity (Wildman–Crippen MR) is 74.5 cm³/mol. The summed E-state index contributed by atoms with van der Waals surface area (Å²) in [5.74, 6) is 1.06. The minimum Gasteiger partial charge on any atom is -0.490 e. The molecule has 0 radical (unpaired) electrons. The molecule has 0 atom stereocenters. The topological polar surface area (TPSA) is 35.2 Å². The maximum absolute atomic E-state index is 6.17. The van der Waals surface area contributed by atoms with Crippen molar-refractivity contribution in [1.82, 2.24) is 0 Å². The van der Waals surface area contributed by atoms with Crippen LogP contribution in [0.25, 0.3) is 0 Å². The van der Waals surface area contributed by atoms with Crippen LogP contribution in [0, 0.1) is 6.92 Å². The molecule has 3 heteroatoms. The molecule has 2 rings (SSSR count). The Labute approximate surface area is 112 Å². The van der Waals surface area contributed by atoms with E-state index in [0.29, 0.717) is 12.6 Å². The van der Waals surface area contributed by atoms with Crippen LogP contribution < -0.4 is 10.5 Å². The highest BCUT2D eigenvalue weighted by Crippen LogP contribution is 2.32. The molecular weight excluding hydrogens is 278 g/mol. The SMILES string of the molecule is Cc1cc(Br)cc(CCN)c1OC1CCCC1. The van der Waals surface area contributed by atoms with Gasteiger partial charge in [0.25, 0.3) is 0 Å². The number of nitrogens with two attached hydrogens (primary N) is 1. The molecule has 1 fully saturated rings. The molecule has 0 bridgehead atoms. The maximum atomic E-state index is 6.17. The first-order valence-electron chi connectivity index (χ1n) is 6.36. The van der Waals surface area contributed by atoms with Gasteiger partial charge in [0.15, 0.2) is 0 Å². The Morgan fingerprint density at radius 3 is 2.71 bits per heavy atom. The average molecular weight is 298 g/mol. The lowest BCUT2D eigenvalue weighted by Gasteiger charge is -2.19. The van der Waals surface area contributed by atoms with Gasteiger partial charge in [-0.15, -0.1) is 0 Å². The van der Waals surface area contributed by atoms with Gasteiger partial charge in [-0.25, -0.2) is 0 Å². The molecule has 2 N–H and O–H groups in total. The standard InChI is InChI=1S/C14H20BrNO/c1-10-8-12(15)9-11(6-7-16)14(10)17-13-4-2-3-5-13/h8-9,13H,2-7,16H2,1H3. The molecule has 0 unspecified atom stereocenters. The summed E-state index contributed by atoms with van der Waals surface area (Å²) in [6, 6.07) is 4.24. The molecule has 0 aliphatic heterocycles. The second-order valence-corrected chi connectivity index (χ2v) is 5.69. The van der Waals surface area contributed by atoms with E-state index in [4.69, 9.17) is 10.5 Å². The molecule has 1 aliphatic carbocycles. The Hall–Kier alpha value is -0.540. The van der Waals surface area contributed by atoms with Gasteiger partial charge in [-0.1, -0.05) is 15.9 Å². The summed E-state index contributed by atoms with van der Waals surface area (Å²) in [6.45, 7) is 2.77. The van der Waals surface area contributed by atoms with Crippen LogP contribution in [-0.2, 0) is 6.42 Å². The molecule has 1 aromatic rings. The molecule has 0 spiro atoms. The van der Waals surface area contributed by atoms with Crippen molar-refractivity contribution in [3.05, 3.63) is 27.7 Å². The van der Waals surface area contributed by atoms with Gasteiger partial charge in [-0.3, -0.25) is 0 Å². The number of aryl methyl sites for hydroxylation is 1. The third-order valence-corrected chi connectivity index (χ3v) is 3.77. The molecule has 94 valence electrons. The molecule has 1 aliphatic rings. The molecule has 0 saturated heterocycles. The van der Waals surface area contributed by atoms with Gasteiger partial charge in [0, 0.05) is 4.47 Å². The summed E-state index contributed by atoms with van der Waals surface area (Å²) in [6.07, 6.45) is 6.27. The Balaban J connectivity index is 2.22. The fourth-order valence-corrected chi connectivity index (χ4v) is 3.10. The molecule has 17 heavy (non-hydrogen) atoms. The van der Waals surface area contributed by atoms with Crippen molar-refractivity contribution < 1.29 is 4.74 Å². The molecular formula is C14H20BrNO. The molecule has 1 saturated carbocycles. The van der Waals surface area contributed by atoms with E-state index in [-0.39, 0.29) is 0 Å².